The van der Waals surface area contributed by atoms with Crippen LogP contribution in [0.4, 0.5) is 0 Å². The first kappa shape index (κ1) is 10.9. The van der Waals surface area contributed by atoms with Crippen LogP contribution in [0.3, 0.4) is 0 Å². The molecule has 4 heteroatoms. The van der Waals surface area contributed by atoms with Crippen LogP contribution in [0.15, 0.2) is 0 Å². The molecular formula is C9H21N3O. The third kappa shape index (κ3) is 2.64. The summed E-state index contributed by atoms with van der Waals surface area (Å²) in [5, 5.41) is 1.92. The maximum atomic E-state index is 5.83. The molecule has 2 atom stereocenters. The van der Waals surface area contributed by atoms with E-state index < -0.39 is 0 Å². The largest absolute Gasteiger partial charge is 0.383 e. The zero-order valence-electron chi connectivity index (χ0n) is 8.86. The van der Waals surface area contributed by atoms with E-state index in [0.29, 0.717) is 12.1 Å². The number of piperazine rings is 1. The molecule has 2 unspecified atom stereocenters. The Hall–Kier alpha value is -0.160. The lowest BCUT2D eigenvalue weighted by Gasteiger charge is -2.42. The van der Waals surface area contributed by atoms with Crippen molar-refractivity contribution in [3.05, 3.63) is 0 Å². The Morgan fingerprint density at radius 1 is 1.31 bits per heavy atom. The molecule has 1 fully saturated rings. The van der Waals surface area contributed by atoms with Crippen molar-refractivity contribution >= 4 is 0 Å². The van der Waals surface area contributed by atoms with E-state index in [4.69, 9.17) is 10.6 Å². The lowest BCUT2D eigenvalue weighted by Crippen LogP contribution is -2.60. The Morgan fingerprint density at radius 2 is 2.00 bits per heavy atom. The van der Waals surface area contributed by atoms with Gasteiger partial charge in [-0.05, 0) is 13.8 Å². The van der Waals surface area contributed by atoms with E-state index in [1.54, 1.807) is 7.11 Å². The molecule has 0 radical (unpaired) electrons. The smallest absolute Gasteiger partial charge is 0.0589 e. The molecule has 0 aromatic heterocycles. The fraction of sp³-hybridized carbons (Fsp3) is 1.00. The topological polar surface area (TPSA) is 41.7 Å². The maximum Gasteiger partial charge on any atom is 0.0589 e. The van der Waals surface area contributed by atoms with Gasteiger partial charge in [-0.2, -0.15) is 0 Å². The summed E-state index contributed by atoms with van der Waals surface area (Å²) >= 11 is 0. The number of hydrogen-bond donors (Lipinski definition) is 1. The standard InChI is InChI=1S/C9H21N3O/c1-8-9(2)12(10)5-4-11(8)6-7-13-3/h8-9H,4-7,10H2,1-3H3. The van der Waals surface area contributed by atoms with Crippen LogP contribution >= 0.6 is 0 Å². The molecule has 13 heavy (non-hydrogen) atoms. The number of ether oxygens (including phenoxy) is 1. The summed E-state index contributed by atoms with van der Waals surface area (Å²) in [4.78, 5) is 2.43. The highest BCUT2D eigenvalue weighted by Crippen LogP contribution is 2.13. The second kappa shape index (κ2) is 4.91. The third-order valence-corrected chi connectivity index (χ3v) is 3.03. The van der Waals surface area contributed by atoms with Gasteiger partial charge in [0.1, 0.15) is 0 Å². The molecule has 2 N–H and O–H groups in total. The van der Waals surface area contributed by atoms with Crippen LogP contribution in [0.1, 0.15) is 13.8 Å². The maximum absolute atomic E-state index is 5.83. The summed E-state index contributed by atoms with van der Waals surface area (Å²) in [6.07, 6.45) is 0. The van der Waals surface area contributed by atoms with Crippen LogP contribution in [-0.4, -0.2) is 55.3 Å². The van der Waals surface area contributed by atoms with Crippen LogP contribution in [-0.2, 0) is 4.74 Å². The minimum absolute atomic E-state index is 0.436. The second-order valence-electron chi connectivity index (χ2n) is 3.75. The number of methoxy groups -OCH3 is 1. The molecule has 1 rings (SSSR count). The number of hydrazine groups is 1. The van der Waals surface area contributed by atoms with E-state index in [-0.39, 0.29) is 0 Å². The van der Waals surface area contributed by atoms with E-state index in [9.17, 15) is 0 Å². The van der Waals surface area contributed by atoms with Gasteiger partial charge < -0.3 is 4.74 Å². The SMILES string of the molecule is COCCN1CCN(N)C(C)C1C. The summed E-state index contributed by atoms with van der Waals surface area (Å²) in [5.41, 5.74) is 0. The quantitative estimate of drug-likeness (QED) is 0.627. The predicted molar refractivity (Wildman–Crippen MR) is 53.3 cm³/mol. The van der Waals surface area contributed by atoms with Crippen molar-refractivity contribution < 1.29 is 4.74 Å². The molecule has 1 aliphatic rings. The second-order valence-corrected chi connectivity index (χ2v) is 3.75. The molecule has 0 amide bonds. The zero-order valence-corrected chi connectivity index (χ0v) is 8.86. The summed E-state index contributed by atoms with van der Waals surface area (Å²) in [7, 11) is 1.74. The molecule has 0 spiro atoms. The molecule has 78 valence electrons. The molecule has 1 heterocycles. The summed E-state index contributed by atoms with van der Waals surface area (Å²) < 4.78 is 5.07. The van der Waals surface area contributed by atoms with Gasteiger partial charge in [0.05, 0.1) is 6.61 Å². The number of nitrogens with two attached hydrogens (primary N) is 1. The van der Waals surface area contributed by atoms with E-state index >= 15 is 0 Å². The van der Waals surface area contributed by atoms with E-state index in [1.165, 1.54) is 0 Å². The van der Waals surface area contributed by atoms with Gasteiger partial charge in [0.2, 0.25) is 0 Å². The highest BCUT2D eigenvalue weighted by atomic mass is 16.5. The molecule has 0 aromatic carbocycles. The van der Waals surface area contributed by atoms with Gasteiger partial charge in [0.25, 0.3) is 0 Å². The van der Waals surface area contributed by atoms with Crippen molar-refractivity contribution in [1.29, 1.82) is 0 Å². The van der Waals surface area contributed by atoms with Gasteiger partial charge in [-0.25, -0.2) is 5.01 Å². The first-order chi connectivity index (χ1) is 6.16. The van der Waals surface area contributed by atoms with Gasteiger partial charge in [0.15, 0.2) is 0 Å². The van der Waals surface area contributed by atoms with E-state index in [0.717, 1.165) is 26.2 Å². The first-order valence-corrected chi connectivity index (χ1v) is 4.91. The van der Waals surface area contributed by atoms with Crippen LogP contribution in [0.2, 0.25) is 0 Å². The Kier molecular flexibility index (Phi) is 4.12. The highest BCUT2D eigenvalue weighted by molar-refractivity contribution is 4.83. The first-order valence-electron chi connectivity index (χ1n) is 4.91. The van der Waals surface area contributed by atoms with Gasteiger partial charge >= 0.3 is 0 Å². The molecule has 4 nitrogen and oxygen atoms in total. The molecular weight excluding hydrogens is 166 g/mol. The fourth-order valence-electron chi connectivity index (χ4n) is 1.76. The summed E-state index contributed by atoms with van der Waals surface area (Å²) in [5.74, 6) is 5.83. The van der Waals surface area contributed by atoms with Crippen molar-refractivity contribution in [2.24, 2.45) is 5.84 Å². The van der Waals surface area contributed by atoms with Gasteiger partial charge in [-0.3, -0.25) is 10.7 Å². The molecule has 0 bridgehead atoms. The van der Waals surface area contributed by atoms with Crippen LogP contribution in [0, 0.1) is 0 Å². The zero-order chi connectivity index (χ0) is 9.84. The van der Waals surface area contributed by atoms with Crippen molar-refractivity contribution in [3.63, 3.8) is 0 Å². The average Bonchev–Trinajstić information content (AvgIpc) is 2.13. The highest BCUT2D eigenvalue weighted by Gasteiger charge is 2.28. The van der Waals surface area contributed by atoms with E-state index in [2.05, 4.69) is 18.7 Å². The van der Waals surface area contributed by atoms with Gasteiger partial charge in [-0.15, -0.1) is 0 Å². The Morgan fingerprint density at radius 3 is 2.62 bits per heavy atom. The Labute approximate surface area is 80.6 Å². The lowest BCUT2D eigenvalue weighted by molar-refractivity contribution is 0.0208. The minimum atomic E-state index is 0.436. The van der Waals surface area contributed by atoms with Crippen LogP contribution in [0.5, 0.6) is 0 Å². The van der Waals surface area contributed by atoms with Crippen molar-refractivity contribution in [2.75, 3.05) is 33.4 Å². The predicted octanol–water partition coefficient (Wildman–Crippen LogP) is -0.0989. The van der Waals surface area contributed by atoms with Crippen LogP contribution in [0.25, 0.3) is 0 Å². The summed E-state index contributed by atoms with van der Waals surface area (Å²) in [6, 6.07) is 0.958. The van der Waals surface area contributed by atoms with Gasteiger partial charge in [0, 0.05) is 38.8 Å². The lowest BCUT2D eigenvalue weighted by atomic mass is 10.1. The number of hydrogen-bond acceptors (Lipinski definition) is 4. The average molecular weight is 187 g/mol. The molecule has 0 saturated carbocycles. The Bertz CT molecular complexity index is 152. The fourth-order valence-corrected chi connectivity index (χ4v) is 1.76. The number of nitrogens with zero attached hydrogens (tertiary/aromatic N) is 2. The van der Waals surface area contributed by atoms with Crippen molar-refractivity contribution in [1.82, 2.24) is 9.91 Å². The normalized spacial score (nSPS) is 32.3. The Balaban J connectivity index is 2.39. The molecule has 1 saturated heterocycles. The minimum Gasteiger partial charge on any atom is -0.383 e. The van der Waals surface area contributed by atoms with Crippen molar-refractivity contribution in [3.8, 4) is 0 Å². The monoisotopic (exact) mass is 187 g/mol. The number of rotatable bonds is 3. The molecule has 0 aliphatic carbocycles. The summed E-state index contributed by atoms with van der Waals surface area (Å²) in [6.45, 7) is 8.21. The third-order valence-electron chi connectivity index (χ3n) is 3.03. The van der Waals surface area contributed by atoms with Crippen LogP contribution < -0.4 is 5.84 Å². The molecule has 0 aromatic rings. The van der Waals surface area contributed by atoms with Crippen molar-refractivity contribution in [2.45, 2.75) is 25.9 Å². The van der Waals surface area contributed by atoms with E-state index in [1.807, 2.05) is 5.01 Å². The molecule has 1 aliphatic heterocycles. The van der Waals surface area contributed by atoms with Gasteiger partial charge in [-0.1, -0.05) is 0 Å².